The molecule has 53 heavy (non-hydrogen) atoms. The molecule has 0 aliphatic heterocycles. The number of hydrogen-bond donors (Lipinski definition) is 0. The first-order valence-corrected chi connectivity index (χ1v) is 18.3. The number of nitrogens with zero attached hydrogens (tertiary/aromatic N) is 2. The third-order valence-electron chi connectivity index (χ3n) is 11.9. The first-order chi connectivity index (χ1) is 26.3. The van der Waals surface area contributed by atoms with Crippen LogP contribution in [-0.2, 0) is 5.41 Å². The number of hydrogen-bond acceptors (Lipinski definition) is 2. The van der Waals surface area contributed by atoms with Crippen molar-refractivity contribution in [3.63, 3.8) is 0 Å². The van der Waals surface area contributed by atoms with E-state index in [1.807, 2.05) is 12.3 Å². The molecule has 0 bridgehead atoms. The van der Waals surface area contributed by atoms with Crippen LogP contribution in [0.2, 0.25) is 0 Å². The monoisotopic (exact) mass is 670 g/mol. The summed E-state index contributed by atoms with van der Waals surface area (Å²) in [6, 6.07) is 64.9. The SMILES string of the molecule is c1ccc(-c2ccc3ccc4cccnc4c3n2)c(-c2ccc3cc4c(cc3c2)C2(c3ccccc3-c3ccccc32)c2c-4ccc3ccccc23)c1. The average molecular weight is 671 g/mol. The molecular formula is C51H30N2. The van der Waals surface area contributed by atoms with E-state index in [-0.39, 0.29) is 0 Å². The van der Waals surface area contributed by atoms with E-state index in [1.54, 1.807) is 0 Å². The van der Waals surface area contributed by atoms with Crippen LogP contribution in [0.3, 0.4) is 0 Å². The van der Waals surface area contributed by atoms with Crippen LogP contribution in [0.4, 0.5) is 0 Å². The lowest BCUT2D eigenvalue weighted by atomic mass is 9.69. The molecule has 2 aliphatic carbocycles. The van der Waals surface area contributed by atoms with Gasteiger partial charge < -0.3 is 0 Å². The highest BCUT2D eigenvalue weighted by Crippen LogP contribution is 2.64. The van der Waals surface area contributed by atoms with Gasteiger partial charge in [0.15, 0.2) is 0 Å². The third kappa shape index (κ3) is 3.82. The van der Waals surface area contributed by atoms with Crippen molar-refractivity contribution < 1.29 is 0 Å². The molecule has 2 nitrogen and oxygen atoms in total. The fraction of sp³-hybridized carbons (Fsp3) is 0.0196. The second-order valence-electron chi connectivity index (χ2n) is 14.5. The Balaban J connectivity index is 1.10. The Labute approximate surface area is 306 Å². The van der Waals surface area contributed by atoms with Gasteiger partial charge in [-0.05, 0) is 108 Å². The zero-order valence-electron chi connectivity index (χ0n) is 28.7. The molecule has 2 aliphatic rings. The molecule has 0 fully saturated rings. The summed E-state index contributed by atoms with van der Waals surface area (Å²) in [5, 5.41) is 7.25. The molecule has 0 atom stereocenters. The Morgan fingerprint density at radius 3 is 1.83 bits per heavy atom. The number of fused-ring (bicyclic) bond motifs is 16. The summed E-state index contributed by atoms with van der Waals surface area (Å²) in [7, 11) is 0. The van der Waals surface area contributed by atoms with E-state index < -0.39 is 5.41 Å². The molecule has 2 heteroatoms. The molecule has 12 rings (SSSR count). The summed E-state index contributed by atoms with van der Waals surface area (Å²) in [6.45, 7) is 0. The van der Waals surface area contributed by atoms with Gasteiger partial charge in [0.1, 0.15) is 0 Å². The van der Waals surface area contributed by atoms with E-state index in [0.29, 0.717) is 0 Å². The van der Waals surface area contributed by atoms with E-state index in [9.17, 15) is 0 Å². The van der Waals surface area contributed by atoms with Gasteiger partial charge >= 0.3 is 0 Å². The van der Waals surface area contributed by atoms with Crippen LogP contribution < -0.4 is 0 Å². The Kier molecular flexibility index (Phi) is 5.73. The minimum absolute atomic E-state index is 0.424. The number of benzene rings is 8. The Morgan fingerprint density at radius 1 is 0.358 bits per heavy atom. The number of aromatic nitrogens is 2. The van der Waals surface area contributed by atoms with E-state index >= 15 is 0 Å². The second kappa shape index (κ2) is 10.6. The summed E-state index contributed by atoms with van der Waals surface area (Å²) in [6.07, 6.45) is 1.85. The maximum absolute atomic E-state index is 5.25. The first kappa shape index (κ1) is 28.8. The van der Waals surface area contributed by atoms with Gasteiger partial charge in [0.05, 0.1) is 22.1 Å². The summed E-state index contributed by atoms with van der Waals surface area (Å²) in [5.41, 5.74) is 16.6. The number of pyridine rings is 2. The van der Waals surface area contributed by atoms with Crippen molar-refractivity contribution in [3.05, 3.63) is 204 Å². The van der Waals surface area contributed by atoms with Crippen LogP contribution in [0.5, 0.6) is 0 Å². The first-order valence-electron chi connectivity index (χ1n) is 18.3. The van der Waals surface area contributed by atoms with Crippen molar-refractivity contribution in [2.24, 2.45) is 0 Å². The maximum atomic E-state index is 5.25. The van der Waals surface area contributed by atoms with Gasteiger partial charge in [-0.3, -0.25) is 4.98 Å². The summed E-state index contributed by atoms with van der Waals surface area (Å²) >= 11 is 0. The highest BCUT2D eigenvalue weighted by molar-refractivity contribution is 6.07. The predicted molar refractivity (Wildman–Crippen MR) is 219 cm³/mol. The molecule has 2 heterocycles. The minimum atomic E-state index is -0.424. The molecule has 0 unspecified atom stereocenters. The van der Waals surface area contributed by atoms with Gasteiger partial charge in [0.25, 0.3) is 0 Å². The van der Waals surface area contributed by atoms with Crippen LogP contribution in [0, 0.1) is 0 Å². The van der Waals surface area contributed by atoms with Gasteiger partial charge in [0, 0.05) is 22.5 Å². The Morgan fingerprint density at radius 2 is 1.00 bits per heavy atom. The molecule has 1 spiro atoms. The van der Waals surface area contributed by atoms with E-state index in [1.165, 1.54) is 71.6 Å². The van der Waals surface area contributed by atoms with Crippen molar-refractivity contribution in [1.29, 1.82) is 0 Å². The molecule has 10 aromatic rings. The molecule has 0 saturated carbocycles. The molecule has 0 N–H and O–H groups in total. The lowest BCUT2D eigenvalue weighted by Gasteiger charge is -2.31. The van der Waals surface area contributed by atoms with Crippen LogP contribution in [0.15, 0.2) is 182 Å². The minimum Gasteiger partial charge on any atom is -0.254 e. The lowest BCUT2D eigenvalue weighted by molar-refractivity contribution is 0.802. The zero-order valence-corrected chi connectivity index (χ0v) is 28.7. The molecular weight excluding hydrogens is 641 g/mol. The van der Waals surface area contributed by atoms with Gasteiger partial charge in [-0.1, -0.05) is 146 Å². The van der Waals surface area contributed by atoms with E-state index in [0.717, 1.165) is 38.6 Å². The average Bonchev–Trinajstić information content (AvgIpc) is 3.69. The van der Waals surface area contributed by atoms with Crippen molar-refractivity contribution >= 4 is 43.4 Å². The Hall–Kier alpha value is -6.90. The molecule has 0 amide bonds. The van der Waals surface area contributed by atoms with Gasteiger partial charge in [0.2, 0.25) is 0 Å². The Bertz CT molecular complexity index is 3140. The molecule has 2 aromatic heterocycles. The van der Waals surface area contributed by atoms with Crippen molar-refractivity contribution in [3.8, 4) is 44.6 Å². The highest BCUT2D eigenvalue weighted by Gasteiger charge is 2.52. The van der Waals surface area contributed by atoms with Gasteiger partial charge in [-0.15, -0.1) is 0 Å². The largest absolute Gasteiger partial charge is 0.254 e. The quantitative estimate of drug-likeness (QED) is 0.171. The highest BCUT2D eigenvalue weighted by atomic mass is 14.8. The van der Waals surface area contributed by atoms with Crippen LogP contribution in [0.1, 0.15) is 22.3 Å². The zero-order chi connectivity index (χ0) is 34.7. The topological polar surface area (TPSA) is 25.8 Å². The summed E-state index contributed by atoms with van der Waals surface area (Å²) in [5.74, 6) is 0. The second-order valence-corrected chi connectivity index (χ2v) is 14.5. The molecule has 0 saturated heterocycles. The van der Waals surface area contributed by atoms with Crippen LogP contribution in [-0.4, -0.2) is 9.97 Å². The van der Waals surface area contributed by atoms with E-state index in [4.69, 9.17) is 9.97 Å². The predicted octanol–water partition coefficient (Wildman–Crippen LogP) is 12.8. The van der Waals surface area contributed by atoms with E-state index in [2.05, 4.69) is 170 Å². The molecule has 8 aromatic carbocycles. The standard InChI is InChI=1S/C51H30N2/c1-2-13-38-31(10-1)23-25-42-43-29-34-21-22-35(37-12-3-4-16-41(37)47-26-24-33-20-19-32-11-9-27-52-49(32)50(33)53-47)28-36(34)30-46(43)51(48(38)42)44-17-7-5-14-39(44)40-15-6-8-18-45(40)51/h1-30H. The smallest absolute Gasteiger partial charge is 0.0972 e. The third-order valence-corrected chi connectivity index (χ3v) is 11.9. The normalized spacial score (nSPS) is 13.4. The lowest BCUT2D eigenvalue weighted by Crippen LogP contribution is -2.26. The molecule has 0 radical (unpaired) electrons. The summed E-state index contributed by atoms with van der Waals surface area (Å²) < 4.78 is 0. The van der Waals surface area contributed by atoms with Gasteiger partial charge in [-0.25, -0.2) is 4.98 Å². The maximum Gasteiger partial charge on any atom is 0.0972 e. The molecule has 244 valence electrons. The van der Waals surface area contributed by atoms with Crippen molar-refractivity contribution in [1.82, 2.24) is 9.97 Å². The fourth-order valence-electron chi connectivity index (χ4n) is 9.66. The summed E-state index contributed by atoms with van der Waals surface area (Å²) in [4.78, 5) is 9.96. The number of rotatable bonds is 2. The van der Waals surface area contributed by atoms with Gasteiger partial charge in [-0.2, -0.15) is 0 Å². The van der Waals surface area contributed by atoms with Crippen LogP contribution in [0.25, 0.3) is 88.0 Å². The fourth-order valence-corrected chi connectivity index (χ4v) is 9.66. The van der Waals surface area contributed by atoms with Crippen LogP contribution >= 0.6 is 0 Å². The van der Waals surface area contributed by atoms with Crippen molar-refractivity contribution in [2.75, 3.05) is 0 Å². The van der Waals surface area contributed by atoms with Crippen molar-refractivity contribution in [2.45, 2.75) is 5.41 Å².